The number of alkyl halides is 3. The zero-order chi connectivity index (χ0) is 16.9. The Morgan fingerprint density at radius 2 is 1.92 bits per heavy atom. The number of halogens is 4. The molecule has 1 aliphatic heterocycles. The van der Waals surface area contributed by atoms with Crippen LogP contribution in [0.15, 0.2) is 24.3 Å². The summed E-state index contributed by atoms with van der Waals surface area (Å²) in [5.74, 6) is -0.598. The van der Waals surface area contributed by atoms with E-state index in [1.165, 1.54) is 18.2 Å². The lowest BCUT2D eigenvalue weighted by Crippen LogP contribution is -2.49. The van der Waals surface area contributed by atoms with Crippen LogP contribution >= 0.6 is 12.4 Å². The molecule has 2 rings (SSSR count). The number of hydrogen-bond donors (Lipinski definition) is 2. The predicted molar refractivity (Wildman–Crippen MR) is 83.8 cm³/mol. The minimum atomic E-state index is -4.78. The summed E-state index contributed by atoms with van der Waals surface area (Å²) in [4.78, 5) is 12.4. The summed E-state index contributed by atoms with van der Waals surface area (Å²) in [6.45, 7) is 0.993. The van der Waals surface area contributed by atoms with E-state index < -0.39 is 11.8 Å². The largest absolute Gasteiger partial charge is 0.573 e. The number of rotatable bonds is 5. The first-order chi connectivity index (χ1) is 10.9. The van der Waals surface area contributed by atoms with Crippen LogP contribution in [0.3, 0.4) is 0 Å². The predicted octanol–water partition coefficient (Wildman–Crippen LogP) is 2.38. The molecule has 0 unspecified atom stereocenters. The van der Waals surface area contributed by atoms with Gasteiger partial charge in [-0.05, 0) is 18.9 Å². The Kier molecular flexibility index (Phi) is 7.31. The minimum Gasteiger partial charge on any atom is -0.405 e. The lowest BCUT2D eigenvalue weighted by atomic mass is 9.79. The fraction of sp³-hybridized carbons (Fsp3) is 0.533. The molecule has 0 aromatic heterocycles. The van der Waals surface area contributed by atoms with Crippen molar-refractivity contribution in [3.63, 3.8) is 0 Å². The Bertz CT molecular complexity index is 549. The molecule has 0 bridgehead atoms. The highest BCUT2D eigenvalue weighted by Crippen LogP contribution is 2.30. The number of para-hydroxylation sites is 1. The third-order valence-electron chi connectivity index (χ3n) is 3.96. The Labute approximate surface area is 144 Å². The van der Waals surface area contributed by atoms with Crippen molar-refractivity contribution in [2.24, 2.45) is 11.1 Å². The topological polar surface area (TPSA) is 73.6 Å². The van der Waals surface area contributed by atoms with Crippen molar-refractivity contribution in [3.8, 4) is 5.75 Å². The van der Waals surface area contributed by atoms with Gasteiger partial charge >= 0.3 is 6.36 Å². The number of ether oxygens (including phenoxy) is 2. The Morgan fingerprint density at radius 3 is 2.50 bits per heavy atom. The van der Waals surface area contributed by atoms with Crippen LogP contribution in [0.4, 0.5) is 13.2 Å². The highest BCUT2D eigenvalue weighted by molar-refractivity contribution is 5.85. The van der Waals surface area contributed by atoms with E-state index in [-0.39, 0.29) is 42.7 Å². The van der Waals surface area contributed by atoms with Crippen LogP contribution in [0.5, 0.6) is 5.75 Å². The zero-order valence-electron chi connectivity index (χ0n) is 12.9. The lowest BCUT2D eigenvalue weighted by molar-refractivity contribution is -0.274. The average Bonchev–Trinajstić information content (AvgIpc) is 2.53. The third kappa shape index (κ3) is 5.25. The van der Waals surface area contributed by atoms with E-state index in [9.17, 15) is 18.0 Å². The second-order valence-electron chi connectivity index (χ2n) is 5.44. The van der Waals surface area contributed by atoms with Gasteiger partial charge < -0.3 is 20.5 Å². The number of nitrogens with one attached hydrogen (secondary N) is 1. The van der Waals surface area contributed by atoms with Crippen molar-refractivity contribution in [1.82, 2.24) is 5.32 Å². The van der Waals surface area contributed by atoms with E-state index in [0.717, 1.165) is 0 Å². The third-order valence-corrected chi connectivity index (χ3v) is 3.96. The fourth-order valence-electron chi connectivity index (χ4n) is 2.52. The normalized spacial score (nSPS) is 16.8. The molecule has 1 aromatic rings. The molecule has 0 atom stereocenters. The van der Waals surface area contributed by atoms with Gasteiger partial charge in [0.1, 0.15) is 5.75 Å². The van der Waals surface area contributed by atoms with Crippen LogP contribution < -0.4 is 15.8 Å². The van der Waals surface area contributed by atoms with Gasteiger partial charge in [-0.3, -0.25) is 4.79 Å². The molecule has 1 amide bonds. The van der Waals surface area contributed by atoms with Gasteiger partial charge in [-0.1, -0.05) is 18.2 Å². The molecule has 0 saturated carbocycles. The van der Waals surface area contributed by atoms with Crippen LogP contribution in [-0.2, 0) is 16.1 Å². The molecule has 3 N–H and O–H groups in total. The number of nitrogens with two attached hydrogens (primary N) is 1. The minimum absolute atomic E-state index is 0. The number of benzene rings is 1. The first kappa shape index (κ1) is 20.5. The van der Waals surface area contributed by atoms with E-state index in [1.807, 2.05) is 0 Å². The molecule has 136 valence electrons. The molecule has 24 heavy (non-hydrogen) atoms. The van der Waals surface area contributed by atoms with Gasteiger partial charge in [-0.25, -0.2) is 0 Å². The van der Waals surface area contributed by atoms with Gasteiger partial charge in [0.2, 0.25) is 5.91 Å². The van der Waals surface area contributed by atoms with Crippen LogP contribution in [0.25, 0.3) is 0 Å². The summed E-state index contributed by atoms with van der Waals surface area (Å²) in [6, 6.07) is 5.70. The first-order valence-corrected chi connectivity index (χ1v) is 7.26. The van der Waals surface area contributed by atoms with E-state index in [0.29, 0.717) is 26.1 Å². The molecule has 5 nitrogen and oxygen atoms in total. The smallest absolute Gasteiger partial charge is 0.405 e. The number of carbonyl (C=O) groups is 1. The van der Waals surface area contributed by atoms with Gasteiger partial charge in [0, 0.05) is 31.9 Å². The van der Waals surface area contributed by atoms with Gasteiger partial charge in [0.15, 0.2) is 0 Å². The summed E-state index contributed by atoms with van der Waals surface area (Å²) >= 11 is 0. The van der Waals surface area contributed by atoms with Crippen molar-refractivity contribution >= 4 is 18.3 Å². The van der Waals surface area contributed by atoms with Crippen molar-refractivity contribution in [3.05, 3.63) is 29.8 Å². The molecule has 0 radical (unpaired) electrons. The second kappa shape index (κ2) is 8.55. The molecule has 1 aliphatic rings. The van der Waals surface area contributed by atoms with Crippen LogP contribution in [-0.4, -0.2) is 32.0 Å². The van der Waals surface area contributed by atoms with Gasteiger partial charge in [0.25, 0.3) is 0 Å². The van der Waals surface area contributed by atoms with Crippen molar-refractivity contribution < 1.29 is 27.4 Å². The van der Waals surface area contributed by atoms with Gasteiger partial charge in [0.05, 0.1) is 5.41 Å². The van der Waals surface area contributed by atoms with E-state index in [2.05, 4.69) is 10.1 Å². The second-order valence-corrected chi connectivity index (χ2v) is 5.44. The lowest BCUT2D eigenvalue weighted by Gasteiger charge is -2.34. The Hall–Kier alpha value is -1.51. The molecule has 1 aromatic carbocycles. The van der Waals surface area contributed by atoms with Gasteiger partial charge in [-0.15, -0.1) is 25.6 Å². The van der Waals surface area contributed by atoms with E-state index in [1.54, 1.807) is 6.07 Å². The highest BCUT2D eigenvalue weighted by Gasteiger charge is 2.38. The molecular weight excluding hydrogens is 349 g/mol. The van der Waals surface area contributed by atoms with E-state index in [4.69, 9.17) is 10.5 Å². The molecule has 1 saturated heterocycles. The number of carbonyl (C=O) groups excluding carboxylic acids is 1. The molecule has 1 fully saturated rings. The maximum absolute atomic E-state index is 12.4. The Morgan fingerprint density at radius 1 is 1.29 bits per heavy atom. The maximum atomic E-state index is 12.4. The molecule has 9 heteroatoms. The number of hydrogen-bond acceptors (Lipinski definition) is 4. The van der Waals surface area contributed by atoms with Gasteiger partial charge in [-0.2, -0.15) is 0 Å². The number of amides is 1. The molecule has 0 aliphatic carbocycles. The first-order valence-electron chi connectivity index (χ1n) is 7.26. The summed E-state index contributed by atoms with van der Waals surface area (Å²) in [7, 11) is 0. The Balaban J connectivity index is 0.00000288. The van der Waals surface area contributed by atoms with Crippen molar-refractivity contribution in [2.75, 3.05) is 19.8 Å². The average molecular weight is 369 g/mol. The standard InChI is InChI=1S/C15H19F3N2O3.ClH/c16-15(17,18)23-12-4-2-1-3-11(12)9-20-13(21)14(10-19)5-7-22-8-6-14;/h1-4H,5-10,19H2,(H,20,21);1H. The van der Waals surface area contributed by atoms with E-state index >= 15 is 0 Å². The van der Waals surface area contributed by atoms with Crippen LogP contribution in [0.2, 0.25) is 0 Å². The molecule has 0 spiro atoms. The van der Waals surface area contributed by atoms with Crippen LogP contribution in [0, 0.1) is 5.41 Å². The van der Waals surface area contributed by atoms with Crippen molar-refractivity contribution in [1.29, 1.82) is 0 Å². The zero-order valence-corrected chi connectivity index (χ0v) is 13.7. The summed E-state index contributed by atoms with van der Waals surface area (Å²) in [5, 5.41) is 2.66. The SMILES string of the molecule is Cl.NCC1(C(=O)NCc2ccccc2OC(F)(F)F)CCOCC1. The van der Waals surface area contributed by atoms with Crippen LogP contribution in [0.1, 0.15) is 18.4 Å². The fourth-order valence-corrected chi connectivity index (χ4v) is 2.52. The molecule has 1 heterocycles. The van der Waals surface area contributed by atoms with Crippen molar-refractivity contribution in [2.45, 2.75) is 25.7 Å². The monoisotopic (exact) mass is 368 g/mol. The summed E-state index contributed by atoms with van der Waals surface area (Å²) < 4.78 is 46.4. The highest BCUT2D eigenvalue weighted by atomic mass is 35.5. The summed E-state index contributed by atoms with van der Waals surface area (Å²) in [6.07, 6.45) is -3.79. The summed E-state index contributed by atoms with van der Waals surface area (Å²) in [5.41, 5.74) is 5.25. The quantitative estimate of drug-likeness (QED) is 0.837. The molecular formula is C15H20ClF3N2O3. The maximum Gasteiger partial charge on any atom is 0.573 e.